The number of anilines is 1. The maximum atomic E-state index is 13.1. The normalized spacial score (nSPS) is 14.0. The van der Waals surface area contributed by atoms with E-state index in [2.05, 4.69) is 17.4 Å². The molecule has 1 N–H and O–H groups in total. The molecule has 1 atom stereocenters. The van der Waals surface area contributed by atoms with E-state index in [-0.39, 0.29) is 17.2 Å². The van der Waals surface area contributed by atoms with Crippen LogP contribution in [0, 0.1) is 6.92 Å². The number of nitrogens with zero attached hydrogens (tertiary/aromatic N) is 2. The Kier molecular flexibility index (Phi) is 5.98. The number of fused-ring (bicyclic) bond motifs is 1. The second-order valence-electron chi connectivity index (χ2n) is 8.08. The number of amides is 1. The van der Waals surface area contributed by atoms with E-state index in [9.17, 15) is 9.59 Å². The van der Waals surface area contributed by atoms with Crippen LogP contribution in [0.5, 0.6) is 5.75 Å². The van der Waals surface area contributed by atoms with E-state index in [1.54, 1.807) is 16.4 Å². The Morgan fingerprint density at radius 3 is 2.52 bits per heavy atom. The minimum Gasteiger partial charge on any atom is -0.481 e. The zero-order valence-electron chi connectivity index (χ0n) is 18.4. The highest BCUT2D eigenvalue weighted by Crippen LogP contribution is 2.26. The minimum atomic E-state index is -0.675. The molecule has 0 bridgehead atoms. The lowest BCUT2D eigenvalue weighted by atomic mass is 9.92. The molecular weight excluding hydrogens is 390 g/mol. The average molecular weight is 420 g/mol. The van der Waals surface area contributed by atoms with Crippen molar-refractivity contribution < 1.29 is 9.53 Å². The number of para-hydroxylation sites is 1. The van der Waals surface area contributed by atoms with Crippen LogP contribution in [-0.2, 0) is 24.7 Å². The third kappa shape index (κ3) is 4.15. The van der Waals surface area contributed by atoms with E-state index in [0.717, 1.165) is 18.5 Å². The molecule has 0 aliphatic heterocycles. The number of carbonyl (C=O) groups is 1. The first kappa shape index (κ1) is 21.0. The molecule has 6 heteroatoms. The van der Waals surface area contributed by atoms with Crippen molar-refractivity contribution >= 4 is 11.6 Å². The number of aromatic nitrogens is 2. The second-order valence-corrected chi connectivity index (χ2v) is 8.08. The fraction of sp³-hybridized carbons (Fsp3) is 0.360. The SMILES string of the molecule is CC[C@H](Oc1ccc2c(c1)CCCC2)C(=O)Nc1c(C)n(C)n(-c2ccccc2)c1=O. The van der Waals surface area contributed by atoms with E-state index < -0.39 is 6.10 Å². The van der Waals surface area contributed by atoms with Crippen LogP contribution in [0.15, 0.2) is 53.3 Å². The monoisotopic (exact) mass is 419 g/mol. The molecule has 0 unspecified atom stereocenters. The number of benzene rings is 2. The van der Waals surface area contributed by atoms with E-state index >= 15 is 0 Å². The fourth-order valence-electron chi connectivity index (χ4n) is 4.19. The van der Waals surface area contributed by atoms with E-state index in [1.165, 1.54) is 24.0 Å². The van der Waals surface area contributed by atoms with Gasteiger partial charge in [0.1, 0.15) is 11.4 Å². The third-order valence-corrected chi connectivity index (χ3v) is 6.06. The molecule has 31 heavy (non-hydrogen) atoms. The zero-order valence-corrected chi connectivity index (χ0v) is 18.4. The number of hydrogen-bond donors (Lipinski definition) is 1. The molecule has 162 valence electrons. The highest BCUT2D eigenvalue weighted by Gasteiger charge is 2.24. The summed E-state index contributed by atoms with van der Waals surface area (Å²) in [4.78, 5) is 26.1. The van der Waals surface area contributed by atoms with Gasteiger partial charge in [-0.3, -0.25) is 14.3 Å². The summed E-state index contributed by atoms with van der Waals surface area (Å²) in [6.45, 7) is 3.73. The van der Waals surface area contributed by atoms with Crippen molar-refractivity contribution in [1.29, 1.82) is 0 Å². The molecule has 3 aromatic rings. The van der Waals surface area contributed by atoms with Crippen molar-refractivity contribution in [3.05, 3.63) is 75.7 Å². The largest absolute Gasteiger partial charge is 0.481 e. The number of nitrogens with one attached hydrogen (secondary N) is 1. The second kappa shape index (κ2) is 8.84. The Morgan fingerprint density at radius 1 is 1.10 bits per heavy atom. The topological polar surface area (TPSA) is 65.3 Å². The standard InChI is InChI=1S/C25H29N3O3/c1-4-22(31-21-15-14-18-10-8-9-11-19(18)16-21)24(29)26-23-17(2)27(3)28(25(23)30)20-12-6-5-7-13-20/h5-7,12-16,22H,4,8-11H2,1-3H3,(H,26,29)/t22-/m0/s1. The van der Waals surface area contributed by atoms with Gasteiger partial charge in [-0.25, -0.2) is 4.68 Å². The predicted molar refractivity (Wildman–Crippen MR) is 122 cm³/mol. The summed E-state index contributed by atoms with van der Waals surface area (Å²) < 4.78 is 9.34. The van der Waals surface area contributed by atoms with E-state index in [4.69, 9.17) is 4.74 Å². The summed E-state index contributed by atoms with van der Waals surface area (Å²) in [5, 5.41) is 2.82. The van der Waals surface area contributed by atoms with E-state index in [1.807, 2.05) is 50.2 Å². The molecule has 0 fully saturated rings. The van der Waals surface area contributed by atoms with Crippen LogP contribution in [0.25, 0.3) is 5.69 Å². The van der Waals surface area contributed by atoms with Crippen molar-refractivity contribution in [1.82, 2.24) is 9.36 Å². The molecule has 0 saturated carbocycles. The lowest BCUT2D eigenvalue weighted by Gasteiger charge is -2.20. The molecule has 6 nitrogen and oxygen atoms in total. The van der Waals surface area contributed by atoms with Crippen molar-refractivity contribution in [3.63, 3.8) is 0 Å². The number of rotatable bonds is 6. The van der Waals surface area contributed by atoms with Crippen LogP contribution < -0.4 is 15.6 Å². The van der Waals surface area contributed by atoms with Gasteiger partial charge in [0.25, 0.3) is 11.5 Å². The van der Waals surface area contributed by atoms with Crippen LogP contribution in [0.4, 0.5) is 5.69 Å². The number of ether oxygens (including phenoxy) is 1. The summed E-state index contributed by atoms with van der Waals surface area (Å²) >= 11 is 0. The predicted octanol–water partition coefficient (Wildman–Crippen LogP) is 4.16. The van der Waals surface area contributed by atoms with Crippen LogP contribution in [0.1, 0.15) is 43.0 Å². The van der Waals surface area contributed by atoms with Gasteiger partial charge in [-0.1, -0.05) is 31.2 Å². The molecule has 1 aliphatic carbocycles. The number of aryl methyl sites for hydroxylation is 2. The van der Waals surface area contributed by atoms with Crippen LogP contribution in [0.2, 0.25) is 0 Å². The first-order chi connectivity index (χ1) is 15.0. The van der Waals surface area contributed by atoms with Gasteiger partial charge < -0.3 is 10.1 Å². The fourth-order valence-corrected chi connectivity index (χ4v) is 4.19. The van der Waals surface area contributed by atoms with Crippen LogP contribution >= 0.6 is 0 Å². The summed E-state index contributed by atoms with van der Waals surface area (Å²) in [7, 11) is 1.81. The van der Waals surface area contributed by atoms with Gasteiger partial charge in [-0.05, 0) is 74.4 Å². The molecular formula is C25H29N3O3. The van der Waals surface area contributed by atoms with Gasteiger partial charge in [0, 0.05) is 7.05 Å². The van der Waals surface area contributed by atoms with Gasteiger partial charge in [-0.15, -0.1) is 0 Å². The molecule has 4 rings (SSSR count). The number of carbonyl (C=O) groups excluding carboxylic acids is 1. The van der Waals surface area contributed by atoms with Gasteiger partial charge in [0.2, 0.25) is 0 Å². The molecule has 0 radical (unpaired) electrons. The maximum Gasteiger partial charge on any atom is 0.295 e. The Hall–Kier alpha value is -3.28. The smallest absolute Gasteiger partial charge is 0.295 e. The van der Waals surface area contributed by atoms with Gasteiger partial charge >= 0.3 is 0 Å². The molecule has 0 spiro atoms. The van der Waals surface area contributed by atoms with Crippen LogP contribution in [0.3, 0.4) is 0 Å². The van der Waals surface area contributed by atoms with Crippen molar-refractivity contribution in [2.45, 2.75) is 52.1 Å². The Balaban J connectivity index is 1.55. The quantitative estimate of drug-likeness (QED) is 0.653. The van der Waals surface area contributed by atoms with Gasteiger partial charge in [0.15, 0.2) is 6.10 Å². The van der Waals surface area contributed by atoms with Gasteiger partial charge in [-0.2, -0.15) is 0 Å². The first-order valence-corrected chi connectivity index (χ1v) is 10.9. The molecule has 1 aliphatic rings. The van der Waals surface area contributed by atoms with Crippen molar-refractivity contribution in [2.24, 2.45) is 7.05 Å². The Bertz CT molecular complexity index is 1140. The first-order valence-electron chi connectivity index (χ1n) is 10.9. The average Bonchev–Trinajstić information content (AvgIpc) is 3.00. The highest BCUT2D eigenvalue weighted by atomic mass is 16.5. The zero-order chi connectivity index (χ0) is 22.0. The molecule has 1 amide bonds. The van der Waals surface area contributed by atoms with Crippen LogP contribution in [-0.4, -0.2) is 21.4 Å². The summed E-state index contributed by atoms with van der Waals surface area (Å²) in [5.74, 6) is 0.389. The number of hydrogen-bond acceptors (Lipinski definition) is 3. The Morgan fingerprint density at radius 2 is 1.81 bits per heavy atom. The lowest BCUT2D eigenvalue weighted by Crippen LogP contribution is -2.34. The van der Waals surface area contributed by atoms with Crippen molar-refractivity contribution in [3.8, 4) is 11.4 Å². The summed E-state index contributed by atoms with van der Waals surface area (Å²) in [6, 6.07) is 15.5. The molecule has 1 aromatic heterocycles. The maximum absolute atomic E-state index is 13.1. The molecule has 1 heterocycles. The molecule has 0 saturated heterocycles. The summed E-state index contributed by atoms with van der Waals surface area (Å²) in [5.41, 5.74) is 4.13. The lowest BCUT2D eigenvalue weighted by molar-refractivity contribution is -0.122. The highest BCUT2D eigenvalue weighted by molar-refractivity contribution is 5.94. The third-order valence-electron chi connectivity index (χ3n) is 6.06. The van der Waals surface area contributed by atoms with E-state index in [0.29, 0.717) is 17.9 Å². The molecule has 2 aromatic carbocycles. The Labute approximate surface area is 182 Å². The van der Waals surface area contributed by atoms with Crippen molar-refractivity contribution in [2.75, 3.05) is 5.32 Å². The van der Waals surface area contributed by atoms with Gasteiger partial charge in [0.05, 0.1) is 11.4 Å². The summed E-state index contributed by atoms with van der Waals surface area (Å²) in [6.07, 6.45) is 4.40. The minimum absolute atomic E-state index is 0.261.